The van der Waals surface area contributed by atoms with Gasteiger partial charge >= 0.3 is 0 Å². The molecule has 0 heterocycles. The van der Waals surface area contributed by atoms with Crippen molar-refractivity contribution < 1.29 is 18.8 Å². The van der Waals surface area contributed by atoms with Crippen molar-refractivity contribution in [3.63, 3.8) is 0 Å². The Labute approximate surface area is 50.8 Å². The maximum atomic E-state index is 11.8. The number of carbonyl (C=O) groups is 3. The third-order valence-electron chi connectivity index (χ3n) is 0.711. The third kappa shape index (κ3) is 2.12. The Kier molecular flexibility index (Phi) is 2.70. The van der Waals surface area contributed by atoms with E-state index in [2.05, 4.69) is 0 Å². The Hall–Kier alpha value is -1.06. The lowest BCUT2D eigenvalue weighted by molar-refractivity contribution is -0.142. The molecule has 0 aromatic heterocycles. The van der Waals surface area contributed by atoms with Gasteiger partial charge in [0.05, 0.1) is 0 Å². The fraction of sp³-hybridized carbons (Fsp3) is 0.400. The predicted molar refractivity (Wildman–Crippen MR) is 26.6 cm³/mol. The van der Waals surface area contributed by atoms with Crippen LogP contribution in [0.5, 0.6) is 0 Å². The lowest BCUT2D eigenvalue weighted by atomic mass is 10.2. The normalized spacial score (nSPS) is 12.2. The number of hydrogen-bond acceptors (Lipinski definition) is 3. The molecule has 0 amide bonds. The van der Waals surface area contributed by atoms with Gasteiger partial charge in [-0.15, -0.1) is 0 Å². The molecule has 0 spiro atoms. The van der Waals surface area contributed by atoms with Crippen molar-refractivity contribution in [2.45, 2.75) is 13.1 Å². The first-order valence-electron chi connectivity index (χ1n) is 2.27. The van der Waals surface area contributed by atoms with E-state index in [0.29, 0.717) is 0 Å². The summed E-state index contributed by atoms with van der Waals surface area (Å²) >= 11 is 0. The van der Waals surface area contributed by atoms with E-state index in [-0.39, 0.29) is 6.29 Å². The van der Waals surface area contributed by atoms with Gasteiger partial charge in [-0.25, -0.2) is 4.39 Å². The van der Waals surface area contributed by atoms with Crippen LogP contribution in [-0.4, -0.2) is 24.0 Å². The molecule has 0 N–H and O–H groups in total. The lowest BCUT2D eigenvalue weighted by Crippen LogP contribution is -2.23. The van der Waals surface area contributed by atoms with Gasteiger partial charge in [-0.3, -0.25) is 14.4 Å². The van der Waals surface area contributed by atoms with E-state index >= 15 is 0 Å². The Morgan fingerprint density at radius 3 is 2.11 bits per heavy atom. The summed E-state index contributed by atoms with van der Waals surface area (Å²) in [4.78, 5) is 29.6. The van der Waals surface area contributed by atoms with Gasteiger partial charge in [-0.1, -0.05) is 0 Å². The van der Waals surface area contributed by atoms with E-state index in [0.717, 1.165) is 6.92 Å². The second kappa shape index (κ2) is 3.06. The van der Waals surface area contributed by atoms with Crippen LogP contribution in [-0.2, 0) is 14.4 Å². The molecule has 0 aliphatic rings. The van der Waals surface area contributed by atoms with Crippen LogP contribution in [0.1, 0.15) is 6.92 Å². The number of ketones is 2. The lowest BCUT2D eigenvalue weighted by Gasteiger charge is -1.90. The molecule has 0 aliphatic heterocycles. The summed E-state index contributed by atoms with van der Waals surface area (Å²) in [6, 6.07) is 0. The van der Waals surface area contributed by atoms with Crippen LogP contribution in [0.2, 0.25) is 0 Å². The van der Waals surface area contributed by atoms with Gasteiger partial charge in [0, 0.05) is 0 Å². The number of rotatable bonds is 3. The average molecular weight is 132 g/mol. The molecule has 0 saturated carbocycles. The molecule has 0 aromatic carbocycles. The van der Waals surface area contributed by atoms with E-state index in [1.807, 2.05) is 0 Å². The largest absolute Gasteiger partial charge is 0.294 e. The first-order chi connectivity index (χ1) is 4.09. The molecule has 0 aromatic rings. The Bertz CT molecular complexity index is 150. The minimum absolute atomic E-state index is 0.196. The molecule has 0 aliphatic carbocycles. The van der Waals surface area contributed by atoms with E-state index in [1.54, 1.807) is 0 Å². The summed E-state index contributed by atoms with van der Waals surface area (Å²) in [5.41, 5.74) is 0. The smallest absolute Gasteiger partial charge is 0.263 e. The zero-order valence-electron chi connectivity index (χ0n) is 4.76. The Morgan fingerprint density at radius 1 is 1.56 bits per heavy atom. The number of hydrogen-bond donors (Lipinski definition) is 0. The Morgan fingerprint density at radius 2 is 2.00 bits per heavy atom. The molecule has 9 heavy (non-hydrogen) atoms. The highest BCUT2D eigenvalue weighted by Crippen LogP contribution is 1.89. The van der Waals surface area contributed by atoms with Crippen molar-refractivity contribution in [3.05, 3.63) is 0 Å². The Balaban J connectivity index is 4.04. The summed E-state index contributed by atoms with van der Waals surface area (Å²) in [5, 5.41) is 0. The molecule has 4 heteroatoms. The molecule has 0 fully saturated rings. The quantitative estimate of drug-likeness (QED) is 0.300. The zero-order chi connectivity index (χ0) is 7.44. The number of halogens is 1. The summed E-state index contributed by atoms with van der Waals surface area (Å²) in [6.07, 6.45) is -2.07. The van der Waals surface area contributed by atoms with E-state index in [9.17, 15) is 18.8 Å². The first-order valence-corrected chi connectivity index (χ1v) is 2.27. The monoisotopic (exact) mass is 132 g/mol. The van der Waals surface area contributed by atoms with Crippen LogP contribution in [0.15, 0.2) is 0 Å². The van der Waals surface area contributed by atoms with Crippen molar-refractivity contribution in [2.24, 2.45) is 0 Å². The van der Waals surface area contributed by atoms with Crippen molar-refractivity contribution >= 4 is 17.9 Å². The van der Waals surface area contributed by atoms with Crippen molar-refractivity contribution in [3.8, 4) is 0 Å². The number of carbonyl (C=O) groups excluding carboxylic acids is 3. The van der Waals surface area contributed by atoms with Gasteiger partial charge in [0.15, 0.2) is 12.5 Å². The van der Waals surface area contributed by atoms with Gasteiger partial charge < -0.3 is 0 Å². The van der Waals surface area contributed by atoms with Crippen molar-refractivity contribution in [1.29, 1.82) is 0 Å². The molecule has 50 valence electrons. The van der Waals surface area contributed by atoms with Gasteiger partial charge in [0.1, 0.15) is 0 Å². The summed E-state index contributed by atoms with van der Waals surface area (Å²) in [6.45, 7) is 0.906. The molecule has 3 nitrogen and oxygen atoms in total. The number of Topliss-reactive ketones (excluding diaryl/α,β-unsaturated/α-hetero) is 2. The van der Waals surface area contributed by atoms with Gasteiger partial charge in [0.2, 0.25) is 5.78 Å². The van der Waals surface area contributed by atoms with Crippen molar-refractivity contribution in [1.82, 2.24) is 0 Å². The fourth-order valence-corrected chi connectivity index (χ4v) is 0.254. The second-order valence-electron chi connectivity index (χ2n) is 1.46. The van der Waals surface area contributed by atoms with Crippen LogP contribution in [0.4, 0.5) is 4.39 Å². The summed E-state index contributed by atoms with van der Waals surface area (Å²) < 4.78 is 11.8. The van der Waals surface area contributed by atoms with Crippen molar-refractivity contribution in [2.75, 3.05) is 0 Å². The highest BCUT2D eigenvalue weighted by Gasteiger charge is 2.18. The van der Waals surface area contributed by atoms with Gasteiger partial charge in [0.25, 0.3) is 5.78 Å². The maximum Gasteiger partial charge on any atom is 0.263 e. The first kappa shape index (κ1) is 7.94. The standard InChI is InChI=1S/C5H5FO3/c1-3(6)5(9)4(8)2-7/h2-3H,1H3. The minimum atomic E-state index is -1.87. The van der Waals surface area contributed by atoms with Crippen LogP contribution in [0.3, 0.4) is 0 Å². The van der Waals surface area contributed by atoms with Gasteiger partial charge in [-0.05, 0) is 6.92 Å². The molecular formula is C5H5FO3. The van der Waals surface area contributed by atoms with Crippen LogP contribution in [0.25, 0.3) is 0 Å². The molecule has 0 radical (unpaired) electrons. The topological polar surface area (TPSA) is 51.2 Å². The molecule has 1 atom stereocenters. The average Bonchev–Trinajstić information content (AvgIpc) is 1.84. The minimum Gasteiger partial charge on any atom is -0.294 e. The summed E-state index contributed by atoms with van der Waals surface area (Å²) in [5.74, 6) is -2.60. The highest BCUT2D eigenvalue weighted by molar-refractivity contribution is 6.58. The molecule has 0 bridgehead atoms. The van der Waals surface area contributed by atoms with Crippen LogP contribution >= 0.6 is 0 Å². The highest BCUT2D eigenvalue weighted by atomic mass is 19.1. The zero-order valence-corrected chi connectivity index (χ0v) is 4.76. The number of alkyl halides is 1. The fourth-order valence-electron chi connectivity index (χ4n) is 0.254. The molecule has 1 unspecified atom stereocenters. The second-order valence-corrected chi connectivity index (χ2v) is 1.46. The predicted octanol–water partition coefficient (Wildman–Crippen LogP) is -0.319. The van der Waals surface area contributed by atoms with Crippen LogP contribution < -0.4 is 0 Å². The van der Waals surface area contributed by atoms with Gasteiger partial charge in [-0.2, -0.15) is 0 Å². The SMILES string of the molecule is CC(F)C(=O)C(=O)C=O. The molecule has 0 saturated heterocycles. The van der Waals surface area contributed by atoms with E-state index in [4.69, 9.17) is 0 Å². The molecule has 0 rings (SSSR count). The van der Waals surface area contributed by atoms with E-state index < -0.39 is 17.7 Å². The van der Waals surface area contributed by atoms with E-state index in [1.165, 1.54) is 0 Å². The summed E-state index contributed by atoms with van der Waals surface area (Å²) in [7, 11) is 0. The third-order valence-corrected chi connectivity index (χ3v) is 0.711. The maximum absolute atomic E-state index is 11.8. The molecular weight excluding hydrogens is 127 g/mol. The van der Waals surface area contributed by atoms with Crippen LogP contribution in [0, 0.1) is 0 Å². The number of aldehydes is 1.